The normalized spacial score (nSPS) is 14.1. The summed E-state index contributed by atoms with van der Waals surface area (Å²) in [5, 5.41) is 11.6. The number of nitrogens with two attached hydrogens (primary N) is 1. The second-order valence-electron chi connectivity index (χ2n) is 5.14. The number of nitrogens with one attached hydrogen (secondary N) is 1. The fraction of sp³-hybridized carbons (Fsp3) is 0.357. The van der Waals surface area contributed by atoms with Crippen LogP contribution < -0.4 is 11.2 Å². The van der Waals surface area contributed by atoms with Crippen LogP contribution in [0.15, 0.2) is 29.4 Å². The lowest BCUT2D eigenvalue weighted by Gasteiger charge is -2.07. The number of nitrogen functional groups attached to an aromatic ring is 1. The number of amides is 1. The molecule has 1 aromatic carbocycles. The third-order valence-corrected chi connectivity index (χ3v) is 4.33. The lowest BCUT2D eigenvalue weighted by atomic mass is 10.2. The standard InChI is InChI=1S/C14H17N5OS/c1-9-4-2-3-5-11(9)16-12(20)8-21-14-18-17-13(19(14)15)10-6-7-10/h2-5,10H,6-8,15H2,1H3,(H,16,20). The van der Waals surface area contributed by atoms with Gasteiger partial charge in [-0.3, -0.25) is 4.79 Å². The molecule has 1 aromatic heterocycles. The predicted octanol–water partition coefficient (Wildman–Crippen LogP) is 1.91. The van der Waals surface area contributed by atoms with Crippen molar-refractivity contribution < 1.29 is 4.79 Å². The van der Waals surface area contributed by atoms with E-state index in [2.05, 4.69) is 15.5 Å². The van der Waals surface area contributed by atoms with Gasteiger partial charge in [0.05, 0.1) is 5.75 Å². The quantitative estimate of drug-likeness (QED) is 0.651. The molecule has 1 fully saturated rings. The lowest BCUT2D eigenvalue weighted by molar-refractivity contribution is -0.113. The van der Waals surface area contributed by atoms with Crippen LogP contribution in [0.3, 0.4) is 0 Å². The van der Waals surface area contributed by atoms with Gasteiger partial charge in [-0.25, -0.2) is 4.68 Å². The van der Waals surface area contributed by atoms with Gasteiger partial charge in [-0.15, -0.1) is 10.2 Å². The first kappa shape index (κ1) is 13.9. The first-order valence-corrected chi connectivity index (χ1v) is 7.82. The molecule has 2 aromatic rings. The van der Waals surface area contributed by atoms with Crippen molar-refractivity contribution in [1.82, 2.24) is 14.9 Å². The molecule has 0 spiro atoms. The smallest absolute Gasteiger partial charge is 0.234 e. The average Bonchev–Trinajstić information content (AvgIpc) is 3.24. The summed E-state index contributed by atoms with van der Waals surface area (Å²) in [5.41, 5.74) is 1.87. The van der Waals surface area contributed by atoms with E-state index in [1.165, 1.54) is 16.4 Å². The number of benzene rings is 1. The fourth-order valence-corrected chi connectivity index (χ4v) is 2.70. The highest BCUT2D eigenvalue weighted by Crippen LogP contribution is 2.39. The number of nitrogens with zero attached hydrogens (tertiary/aromatic N) is 3. The molecule has 0 saturated heterocycles. The van der Waals surface area contributed by atoms with Crippen LogP contribution in [-0.4, -0.2) is 26.5 Å². The van der Waals surface area contributed by atoms with E-state index in [1.54, 1.807) is 0 Å². The maximum Gasteiger partial charge on any atom is 0.234 e. The second kappa shape index (κ2) is 5.77. The van der Waals surface area contributed by atoms with Crippen molar-refractivity contribution >= 4 is 23.4 Å². The van der Waals surface area contributed by atoms with Crippen LogP contribution in [0.2, 0.25) is 0 Å². The number of hydrogen-bond donors (Lipinski definition) is 2. The molecule has 3 rings (SSSR count). The molecule has 0 aliphatic heterocycles. The van der Waals surface area contributed by atoms with Gasteiger partial charge in [0.25, 0.3) is 0 Å². The molecule has 1 aliphatic rings. The monoisotopic (exact) mass is 303 g/mol. The van der Waals surface area contributed by atoms with Crippen molar-refractivity contribution in [3.63, 3.8) is 0 Å². The number of aryl methyl sites for hydroxylation is 1. The summed E-state index contributed by atoms with van der Waals surface area (Å²) in [6.45, 7) is 1.96. The third-order valence-electron chi connectivity index (χ3n) is 3.38. The van der Waals surface area contributed by atoms with Crippen LogP contribution in [0, 0.1) is 6.92 Å². The summed E-state index contributed by atoms with van der Waals surface area (Å²) in [7, 11) is 0. The molecule has 110 valence electrons. The van der Waals surface area contributed by atoms with Gasteiger partial charge in [0, 0.05) is 11.6 Å². The Morgan fingerprint density at radius 3 is 2.90 bits per heavy atom. The van der Waals surface area contributed by atoms with Gasteiger partial charge in [-0.1, -0.05) is 30.0 Å². The number of hydrogen-bond acceptors (Lipinski definition) is 5. The van der Waals surface area contributed by atoms with Crippen LogP contribution in [0.25, 0.3) is 0 Å². The zero-order valence-electron chi connectivity index (χ0n) is 11.7. The summed E-state index contributed by atoms with van der Waals surface area (Å²) in [4.78, 5) is 12.0. The van der Waals surface area contributed by atoms with Crippen molar-refractivity contribution in [1.29, 1.82) is 0 Å². The molecule has 0 unspecified atom stereocenters. The first-order valence-electron chi connectivity index (χ1n) is 6.84. The molecule has 21 heavy (non-hydrogen) atoms. The van der Waals surface area contributed by atoms with Crippen molar-refractivity contribution in [2.45, 2.75) is 30.8 Å². The minimum absolute atomic E-state index is 0.0785. The van der Waals surface area contributed by atoms with Crippen molar-refractivity contribution in [2.75, 3.05) is 16.9 Å². The number of anilines is 1. The van der Waals surface area contributed by atoms with Gasteiger partial charge in [0.2, 0.25) is 11.1 Å². The summed E-state index contributed by atoms with van der Waals surface area (Å²) >= 11 is 1.30. The maximum absolute atomic E-state index is 12.0. The molecule has 6 nitrogen and oxygen atoms in total. The van der Waals surface area contributed by atoms with Crippen LogP contribution >= 0.6 is 11.8 Å². The Morgan fingerprint density at radius 2 is 2.19 bits per heavy atom. The second-order valence-corrected chi connectivity index (χ2v) is 6.08. The van der Waals surface area contributed by atoms with Crippen molar-refractivity contribution in [2.24, 2.45) is 0 Å². The molecular formula is C14H17N5OS. The highest BCUT2D eigenvalue weighted by atomic mass is 32.2. The molecule has 1 amide bonds. The molecule has 0 bridgehead atoms. The maximum atomic E-state index is 12.0. The Labute approximate surface area is 127 Å². The van der Waals surface area contributed by atoms with Gasteiger partial charge < -0.3 is 11.2 Å². The zero-order chi connectivity index (χ0) is 14.8. The Bertz CT molecular complexity index is 665. The Morgan fingerprint density at radius 1 is 1.43 bits per heavy atom. The summed E-state index contributed by atoms with van der Waals surface area (Å²) in [6.07, 6.45) is 2.24. The van der Waals surface area contributed by atoms with Crippen LogP contribution in [0.4, 0.5) is 5.69 Å². The Kier molecular flexibility index (Phi) is 3.83. The molecule has 0 radical (unpaired) electrons. The predicted molar refractivity (Wildman–Crippen MR) is 82.7 cm³/mol. The van der Waals surface area contributed by atoms with Crippen molar-refractivity contribution in [3.8, 4) is 0 Å². The number of aromatic nitrogens is 3. The van der Waals surface area contributed by atoms with Gasteiger partial charge in [-0.2, -0.15) is 0 Å². The highest BCUT2D eigenvalue weighted by molar-refractivity contribution is 7.99. The SMILES string of the molecule is Cc1ccccc1NC(=O)CSc1nnc(C2CC2)n1N. The van der Waals surface area contributed by atoms with Gasteiger partial charge in [-0.05, 0) is 31.4 Å². The van der Waals surface area contributed by atoms with E-state index in [0.29, 0.717) is 11.1 Å². The van der Waals surface area contributed by atoms with E-state index in [4.69, 9.17) is 5.84 Å². The van der Waals surface area contributed by atoms with Gasteiger partial charge >= 0.3 is 0 Å². The molecule has 1 saturated carbocycles. The minimum Gasteiger partial charge on any atom is -0.336 e. The van der Waals surface area contributed by atoms with Crippen LogP contribution in [0.5, 0.6) is 0 Å². The number of para-hydroxylation sites is 1. The highest BCUT2D eigenvalue weighted by Gasteiger charge is 2.29. The number of rotatable bonds is 5. The largest absolute Gasteiger partial charge is 0.336 e. The van der Waals surface area contributed by atoms with Gasteiger partial charge in [0.15, 0.2) is 5.82 Å². The lowest BCUT2D eigenvalue weighted by Crippen LogP contribution is -2.17. The first-order chi connectivity index (χ1) is 10.1. The molecule has 1 heterocycles. The minimum atomic E-state index is -0.0785. The van der Waals surface area contributed by atoms with Crippen LogP contribution in [-0.2, 0) is 4.79 Å². The van der Waals surface area contributed by atoms with E-state index < -0.39 is 0 Å². The molecule has 3 N–H and O–H groups in total. The van der Waals surface area contributed by atoms with E-state index in [1.807, 2.05) is 31.2 Å². The number of carbonyl (C=O) groups is 1. The van der Waals surface area contributed by atoms with E-state index in [0.717, 1.165) is 29.9 Å². The van der Waals surface area contributed by atoms with Gasteiger partial charge in [0.1, 0.15) is 0 Å². The summed E-state index contributed by atoms with van der Waals surface area (Å²) < 4.78 is 1.50. The summed E-state index contributed by atoms with van der Waals surface area (Å²) in [6, 6.07) is 7.68. The van der Waals surface area contributed by atoms with E-state index in [-0.39, 0.29) is 11.7 Å². The number of thioether (sulfide) groups is 1. The van der Waals surface area contributed by atoms with Crippen LogP contribution in [0.1, 0.15) is 30.1 Å². The average molecular weight is 303 g/mol. The van der Waals surface area contributed by atoms with Crippen molar-refractivity contribution in [3.05, 3.63) is 35.7 Å². The Hall–Kier alpha value is -2.02. The fourth-order valence-electron chi connectivity index (χ4n) is 2.04. The topological polar surface area (TPSA) is 85.8 Å². The third kappa shape index (κ3) is 3.18. The van der Waals surface area contributed by atoms with E-state index in [9.17, 15) is 4.79 Å². The molecule has 1 aliphatic carbocycles. The molecule has 0 atom stereocenters. The molecule has 7 heteroatoms. The Balaban J connectivity index is 1.57. The van der Waals surface area contributed by atoms with E-state index >= 15 is 0 Å². The zero-order valence-corrected chi connectivity index (χ0v) is 12.6. The summed E-state index contributed by atoms with van der Waals surface area (Å²) in [5.74, 6) is 7.38. The molecular weight excluding hydrogens is 286 g/mol. The number of carbonyl (C=O) groups excluding carboxylic acids is 1.